The van der Waals surface area contributed by atoms with E-state index in [0.29, 0.717) is 29.8 Å². The minimum Gasteiger partial charge on any atom is -0.339 e. The van der Waals surface area contributed by atoms with Crippen LogP contribution >= 0.6 is 22.9 Å². The highest BCUT2D eigenvalue weighted by atomic mass is 35.5. The van der Waals surface area contributed by atoms with Crippen molar-refractivity contribution in [3.8, 4) is 10.7 Å². The van der Waals surface area contributed by atoms with Crippen molar-refractivity contribution in [1.29, 1.82) is 0 Å². The van der Waals surface area contributed by atoms with Gasteiger partial charge in [0, 0.05) is 18.1 Å². The van der Waals surface area contributed by atoms with Crippen molar-refractivity contribution in [2.75, 3.05) is 13.1 Å². The van der Waals surface area contributed by atoms with Crippen molar-refractivity contribution in [3.05, 3.63) is 52.7 Å². The summed E-state index contributed by atoms with van der Waals surface area (Å²) >= 11 is 7.40. The maximum absolute atomic E-state index is 12.5. The van der Waals surface area contributed by atoms with E-state index in [4.69, 9.17) is 16.1 Å². The standard InChI is InChI=1S/C15H12ClN3O3S2/c16-11-3-1-4-12(7-11)24(20,21)19-8-10(9-19)15-17-14(18-22-15)13-5-2-6-23-13/h1-7,10H,8-9H2. The molecule has 1 aliphatic rings. The first-order valence-electron chi connectivity index (χ1n) is 7.17. The Morgan fingerprint density at radius 1 is 1.25 bits per heavy atom. The van der Waals surface area contributed by atoms with E-state index in [9.17, 15) is 8.42 Å². The molecule has 3 aromatic rings. The molecule has 0 unspecified atom stereocenters. The van der Waals surface area contributed by atoms with Gasteiger partial charge in [-0.25, -0.2) is 8.42 Å². The molecule has 0 bridgehead atoms. The molecule has 24 heavy (non-hydrogen) atoms. The Morgan fingerprint density at radius 2 is 2.08 bits per heavy atom. The average molecular weight is 382 g/mol. The Labute approximate surface area is 147 Å². The lowest BCUT2D eigenvalue weighted by atomic mass is 10.0. The van der Waals surface area contributed by atoms with Gasteiger partial charge in [-0.15, -0.1) is 11.3 Å². The average Bonchev–Trinajstić information content (AvgIpc) is 3.16. The van der Waals surface area contributed by atoms with Crippen molar-refractivity contribution in [2.45, 2.75) is 10.8 Å². The van der Waals surface area contributed by atoms with Gasteiger partial charge in [0.1, 0.15) is 0 Å². The lowest BCUT2D eigenvalue weighted by Gasteiger charge is -2.35. The highest BCUT2D eigenvalue weighted by Gasteiger charge is 2.40. The van der Waals surface area contributed by atoms with Gasteiger partial charge in [-0.1, -0.05) is 28.9 Å². The summed E-state index contributed by atoms with van der Waals surface area (Å²) < 4.78 is 31.7. The first-order valence-corrected chi connectivity index (χ1v) is 9.87. The van der Waals surface area contributed by atoms with E-state index in [1.165, 1.54) is 27.8 Å². The number of hydrogen-bond acceptors (Lipinski definition) is 6. The van der Waals surface area contributed by atoms with E-state index in [0.717, 1.165) is 4.88 Å². The quantitative estimate of drug-likeness (QED) is 0.693. The number of thiophene rings is 1. The van der Waals surface area contributed by atoms with Gasteiger partial charge in [0.15, 0.2) is 0 Å². The lowest BCUT2D eigenvalue weighted by molar-refractivity contribution is 0.217. The molecule has 0 radical (unpaired) electrons. The molecule has 0 atom stereocenters. The molecule has 4 rings (SSSR count). The molecule has 6 nitrogen and oxygen atoms in total. The van der Waals surface area contributed by atoms with Crippen molar-refractivity contribution < 1.29 is 12.9 Å². The van der Waals surface area contributed by atoms with Crippen molar-refractivity contribution in [1.82, 2.24) is 14.4 Å². The van der Waals surface area contributed by atoms with Gasteiger partial charge >= 0.3 is 0 Å². The topological polar surface area (TPSA) is 76.3 Å². The highest BCUT2D eigenvalue weighted by molar-refractivity contribution is 7.89. The molecular formula is C15H12ClN3O3S2. The van der Waals surface area contributed by atoms with Crippen LogP contribution in [0.2, 0.25) is 5.02 Å². The van der Waals surface area contributed by atoms with E-state index < -0.39 is 10.0 Å². The summed E-state index contributed by atoms with van der Waals surface area (Å²) in [5.41, 5.74) is 0. The van der Waals surface area contributed by atoms with Crippen LogP contribution in [0.4, 0.5) is 0 Å². The zero-order valence-electron chi connectivity index (χ0n) is 12.3. The second-order valence-corrected chi connectivity index (χ2v) is 8.73. The predicted molar refractivity (Wildman–Crippen MR) is 90.6 cm³/mol. The number of nitrogens with zero attached hydrogens (tertiary/aromatic N) is 3. The fraction of sp³-hybridized carbons (Fsp3) is 0.200. The molecular weight excluding hydrogens is 370 g/mol. The molecule has 9 heteroatoms. The number of hydrogen-bond donors (Lipinski definition) is 0. The molecule has 1 fully saturated rings. The highest BCUT2D eigenvalue weighted by Crippen LogP contribution is 2.33. The molecule has 3 heterocycles. The van der Waals surface area contributed by atoms with Gasteiger partial charge in [-0.2, -0.15) is 9.29 Å². The molecule has 124 valence electrons. The molecule has 0 spiro atoms. The van der Waals surface area contributed by atoms with Crippen LogP contribution in [0.15, 0.2) is 51.2 Å². The number of benzene rings is 1. The van der Waals surface area contributed by atoms with Crippen LogP contribution in [0.3, 0.4) is 0 Å². The summed E-state index contributed by atoms with van der Waals surface area (Å²) in [6, 6.07) is 10.1. The smallest absolute Gasteiger partial charge is 0.243 e. The second kappa shape index (κ2) is 5.96. The van der Waals surface area contributed by atoms with Crippen LogP contribution in [0.1, 0.15) is 11.8 Å². The van der Waals surface area contributed by atoms with Crippen LogP contribution in [-0.4, -0.2) is 36.0 Å². The number of sulfonamides is 1. The van der Waals surface area contributed by atoms with Gasteiger partial charge in [-0.05, 0) is 29.6 Å². The summed E-state index contributed by atoms with van der Waals surface area (Å²) in [6.45, 7) is 0.641. The molecule has 0 saturated carbocycles. The van der Waals surface area contributed by atoms with Gasteiger partial charge in [-0.3, -0.25) is 0 Å². The monoisotopic (exact) mass is 381 g/mol. The summed E-state index contributed by atoms with van der Waals surface area (Å²) in [5.74, 6) is 0.923. The fourth-order valence-electron chi connectivity index (χ4n) is 2.47. The summed E-state index contributed by atoms with van der Waals surface area (Å²) in [6.07, 6.45) is 0. The third kappa shape index (κ3) is 2.75. The molecule has 0 aliphatic carbocycles. The molecule has 1 aliphatic heterocycles. The third-order valence-corrected chi connectivity index (χ3v) is 6.74. The molecule has 1 saturated heterocycles. The fourth-order valence-corrected chi connectivity index (χ4v) is 4.96. The van der Waals surface area contributed by atoms with Gasteiger partial charge < -0.3 is 4.52 Å². The summed E-state index contributed by atoms with van der Waals surface area (Å²) in [4.78, 5) is 5.48. The Morgan fingerprint density at radius 3 is 2.79 bits per heavy atom. The number of aromatic nitrogens is 2. The van der Waals surface area contributed by atoms with Crippen LogP contribution in [0.25, 0.3) is 10.7 Å². The van der Waals surface area contributed by atoms with E-state index >= 15 is 0 Å². The van der Waals surface area contributed by atoms with E-state index in [1.807, 2.05) is 17.5 Å². The van der Waals surface area contributed by atoms with Gasteiger partial charge in [0.25, 0.3) is 0 Å². The largest absolute Gasteiger partial charge is 0.339 e. The first kappa shape index (κ1) is 15.8. The van der Waals surface area contributed by atoms with Gasteiger partial charge in [0.05, 0.1) is 15.7 Å². The molecule has 2 aromatic heterocycles. The first-order chi connectivity index (χ1) is 11.5. The Balaban J connectivity index is 1.48. The minimum atomic E-state index is -3.54. The van der Waals surface area contributed by atoms with Crippen molar-refractivity contribution in [3.63, 3.8) is 0 Å². The normalized spacial score (nSPS) is 16.2. The second-order valence-electron chi connectivity index (χ2n) is 5.41. The summed E-state index contributed by atoms with van der Waals surface area (Å²) in [5, 5.41) is 6.29. The van der Waals surface area contributed by atoms with Crippen LogP contribution in [0, 0.1) is 0 Å². The Hall–Kier alpha value is -1.74. The minimum absolute atomic E-state index is 0.0832. The maximum atomic E-state index is 12.5. The van der Waals surface area contributed by atoms with Crippen LogP contribution in [0.5, 0.6) is 0 Å². The number of halogens is 1. The van der Waals surface area contributed by atoms with Crippen molar-refractivity contribution >= 4 is 33.0 Å². The van der Waals surface area contributed by atoms with E-state index in [-0.39, 0.29) is 10.8 Å². The maximum Gasteiger partial charge on any atom is 0.243 e. The lowest BCUT2D eigenvalue weighted by Crippen LogP contribution is -2.48. The zero-order chi connectivity index (χ0) is 16.7. The van der Waals surface area contributed by atoms with E-state index in [2.05, 4.69) is 10.1 Å². The van der Waals surface area contributed by atoms with E-state index in [1.54, 1.807) is 12.1 Å². The molecule has 1 aromatic carbocycles. The van der Waals surface area contributed by atoms with Crippen LogP contribution < -0.4 is 0 Å². The molecule has 0 amide bonds. The van der Waals surface area contributed by atoms with Crippen LogP contribution in [-0.2, 0) is 10.0 Å². The van der Waals surface area contributed by atoms with Crippen molar-refractivity contribution in [2.24, 2.45) is 0 Å². The van der Waals surface area contributed by atoms with Gasteiger partial charge in [0.2, 0.25) is 21.7 Å². The Bertz CT molecular complexity index is 964. The number of rotatable bonds is 4. The Kier molecular flexibility index (Phi) is 3.92. The molecule has 0 N–H and O–H groups in total. The SMILES string of the molecule is O=S(=O)(c1cccc(Cl)c1)N1CC(c2nc(-c3cccs3)no2)C1. The third-order valence-electron chi connectivity index (χ3n) is 3.81. The predicted octanol–water partition coefficient (Wildman–Crippen LogP) is 3.24. The summed E-state index contributed by atoms with van der Waals surface area (Å²) in [7, 11) is -3.54. The zero-order valence-corrected chi connectivity index (χ0v) is 14.7.